The van der Waals surface area contributed by atoms with Crippen LogP contribution in [0.5, 0.6) is 0 Å². The van der Waals surface area contributed by atoms with E-state index >= 15 is 0 Å². The highest BCUT2D eigenvalue weighted by molar-refractivity contribution is 7.47. The van der Waals surface area contributed by atoms with Crippen molar-refractivity contribution in [2.75, 3.05) is 47.5 Å². The molecule has 0 aromatic rings. The summed E-state index contributed by atoms with van der Waals surface area (Å²) in [5, 5.41) is 0. The second-order valence-corrected chi connectivity index (χ2v) is 30.6. The summed E-state index contributed by atoms with van der Waals surface area (Å²) in [5.74, 6) is -0.772. The van der Waals surface area contributed by atoms with Crippen LogP contribution in [0.25, 0.3) is 0 Å². The molecule has 0 aliphatic rings. The lowest BCUT2D eigenvalue weighted by molar-refractivity contribution is -0.870. The lowest BCUT2D eigenvalue weighted by Gasteiger charge is -2.24. The fourth-order valence-electron chi connectivity index (χ4n) is 12.4. The van der Waals surface area contributed by atoms with E-state index in [0.717, 1.165) is 57.8 Å². The van der Waals surface area contributed by atoms with E-state index in [1.165, 1.54) is 327 Å². The van der Waals surface area contributed by atoms with Crippen molar-refractivity contribution in [3.05, 3.63) is 48.6 Å². The molecule has 93 heavy (non-hydrogen) atoms. The van der Waals surface area contributed by atoms with Gasteiger partial charge < -0.3 is 18.9 Å². The normalized spacial score (nSPS) is 13.2. The fraction of sp³-hybridized carbons (Fsp3) is 0.880. The van der Waals surface area contributed by atoms with Gasteiger partial charge in [-0.15, -0.1) is 0 Å². The van der Waals surface area contributed by atoms with Crippen LogP contribution in [0.15, 0.2) is 48.6 Å². The van der Waals surface area contributed by atoms with Gasteiger partial charge in [0.25, 0.3) is 0 Å². The number of nitrogens with zero attached hydrogens (tertiary/aromatic N) is 1. The fourth-order valence-corrected chi connectivity index (χ4v) is 13.2. The zero-order valence-corrected chi connectivity index (χ0v) is 63.7. The largest absolute Gasteiger partial charge is 0.472 e. The van der Waals surface area contributed by atoms with Crippen LogP contribution in [-0.4, -0.2) is 74.9 Å². The second kappa shape index (κ2) is 74.2. The van der Waals surface area contributed by atoms with E-state index in [9.17, 15) is 19.0 Å². The predicted molar refractivity (Wildman–Crippen MR) is 404 cm³/mol. The van der Waals surface area contributed by atoms with Gasteiger partial charge in [-0.25, -0.2) is 4.57 Å². The summed E-state index contributed by atoms with van der Waals surface area (Å²) in [6, 6.07) is 0. The number of carbonyl (C=O) groups excluding carboxylic acids is 2. The number of hydrogen-bond donors (Lipinski definition) is 1. The van der Waals surface area contributed by atoms with Crippen LogP contribution >= 0.6 is 7.82 Å². The van der Waals surface area contributed by atoms with Crippen molar-refractivity contribution in [1.82, 2.24) is 0 Å². The number of likely N-dealkylation sites (N-methyl/N-ethyl adjacent to an activating group) is 1. The summed E-state index contributed by atoms with van der Waals surface area (Å²) in [6.07, 6.45) is 98.5. The molecule has 9 nitrogen and oxygen atoms in total. The van der Waals surface area contributed by atoms with Gasteiger partial charge >= 0.3 is 19.8 Å². The number of quaternary nitrogens is 1. The van der Waals surface area contributed by atoms with Gasteiger partial charge in [0.15, 0.2) is 6.10 Å². The molecule has 0 aromatic carbocycles. The molecule has 548 valence electrons. The molecule has 0 aliphatic carbocycles. The highest BCUT2D eigenvalue weighted by Gasteiger charge is 2.27. The second-order valence-electron chi connectivity index (χ2n) is 29.1. The molecule has 0 spiro atoms. The quantitative estimate of drug-likeness (QED) is 0.0211. The van der Waals surface area contributed by atoms with Gasteiger partial charge in [-0.1, -0.05) is 403 Å². The van der Waals surface area contributed by atoms with Crippen LogP contribution in [0.2, 0.25) is 0 Å². The third-order valence-electron chi connectivity index (χ3n) is 18.6. The molecule has 0 aliphatic heterocycles. The van der Waals surface area contributed by atoms with E-state index in [1.54, 1.807) is 0 Å². The Morgan fingerprint density at radius 2 is 0.613 bits per heavy atom. The Morgan fingerprint density at radius 1 is 0.344 bits per heavy atom. The smallest absolute Gasteiger partial charge is 0.462 e. The molecule has 0 fully saturated rings. The topological polar surface area (TPSA) is 108 Å². The first kappa shape index (κ1) is 91.0. The molecule has 2 atom stereocenters. The first-order valence-corrected chi connectivity index (χ1v) is 42.4. The van der Waals surface area contributed by atoms with Crippen molar-refractivity contribution in [2.24, 2.45) is 0 Å². The number of esters is 2. The Balaban J connectivity index is 3.89. The maximum absolute atomic E-state index is 12.9. The highest BCUT2D eigenvalue weighted by atomic mass is 31.2. The molecule has 10 heteroatoms. The molecule has 1 N–H and O–H groups in total. The van der Waals surface area contributed by atoms with E-state index < -0.39 is 26.5 Å². The number of ether oxygens (including phenoxy) is 2. The third-order valence-corrected chi connectivity index (χ3v) is 19.6. The van der Waals surface area contributed by atoms with Gasteiger partial charge in [0.1, 0.15) is 19.8 Å². The van der Waals surface area contributed by atoms with Gasteiger partial charge in [-0.2, -0.15) is 0 Å². The van der Waals surface area contributed by atoms with Gasteiger partial charge in [0.2, 0.25) is 0 Å². The number of phosphoric acid groups is 1. The Hall–Kier alpha value is -2.03. The maximum atomic E-state index is 12.9. The number of rotatable bonds is 77. The number of carbonyl (C=O) groups is 2. The zero-order chi connectivity index (χ0) is 67.6. The first-order valence-electron chi connectivity index (χ1n) is 40.9. The summed E-state index contributed by atoms with van der Waals surface area (Å²) < 4.78 is 34.9. The van der Waals surface area contributed by atoms with E-state index in [-0.39, 0.29) is 25.6 Å². The molecule has 0 rings (SSSR count). The van der Waals surface area contributed by atoms with Crippen LogP contribution in [0.3, 0.4) is 0 Å². The summed E-state index contributed by atoms with van der Waals surface area (Å²) >= 11 is 0. The summed E-state index contributed by atoms with van der Waals surface area (Å²) in [6.45, 7) is 4.41. The average Bonchev–Trinajstić information content (AvgIpc) is 2.30. The van der Waals surface area contributed by atoms with Crippen molar-refractivity contribution in [3.8, 4) is 0 Å². The molecular weight excluding hydrogens is 1170 g/mol. The van der Waals surface area contributed by atoms with Crippen molar-refractivity contribution < 1.29 is 42.1 Å². The first-order chi connectivity index (χ1) is 45.5. The van der Waals surface area contributed by atoms with Crippen molar-refractivity contribution in [1.29, 1.82) is 0 Å². The summed E-state index contributed by atoms with van der Waals surface area (Å²) in [7, 11) is 1.50. The van der Waals surface area contributed by atoms with Crippen LogP contribution in [0, 0.1) is 0 Å². The van der Waals surface area contributed by atoms with Crippen molar-refractivity contribution in [2.45, 2.75) is 424 Å². The lowest BCUT2D eigenvalue weighted by atomic mass is 10.0. The minimum atomic E-state index is -4.39. The Kier molecular flexibility index (Phi) is 72.6. The van der Waals surface area contributed by atoms with Crippen LogP contribution in [-0.2, 0) is 32.7 Å². The Bertz CT molecular complexity index is 1710. The number of unbranched alkanes of at least 4 members (excludes halogenated alkanes) is 55. The SMILES string of the molecule is CC/C=C\C/C=C\C/C=C\C/C=C\CCCCCCCCCCCCCCCCCCCCCCC(=O)OC(COC(=O)CCCCCCCCCCCCCCCCCCCCCCCCCCCCCCCCCCCCCC)COP(=O)(O)OCC[N+](C)(C)C. The maximum Gasteiger partial charge on any atom is 0.472 e. The number of hydrogen-bond acceptors (Lipinski definition) is 7. The van der Waals surface area contributed by atoms with E-state index in [1.807, 2.05) is 21.1 Å². The minimum Gasteiger partial charge on any atom is -0.462 e. The van der Waals surface area contributed by atoms with Crippen molar-refractivity contribution in [3.63, 3.8) is 0 Å². The molecule has 0 saturated heterocycles. The lowest BCUT2D eigenvalue weighted by Crippen LogP contribution is -2.37. The Labute approximate surface area is 579 Å². The molecule has 0 heterocycles. The standard InChI is InChI=1S/C83H158NO8P/c1-6-8-10-12-14-16-18-20-22-24-26-28-30-32-34-36-38-40-41-42-44-45-47-49-51-53-55-57-59-61-63-65-67-69-71-73-75-82(85)89-79-81(80-91-93(87,88)90-78-77-84(3,4)5)92-83(86)76-74-72-70-68-66-64-62-60-58-56-54-52-50-48-46-43-39-37-35-33-31-29-27-25-23-21-19-17-15-13-11-9-7-2/h9,11,15,17,21,23,27,29,81H,6-8,10,12-14,16,18-20,22,24-26,28,30-80H2,1-5H3/p+1/b11-9-,17-15-,23-21-,29-27-. The predicted octanol–water partition coefficient (Wildman–Crippen LogP) is 27.1. The van der Waals surface area contributed by atoms with Gasteiger partial charge in [0.05, 0.1) is 27.7 Å². The molecule has 0 radical (unpaired) electrons. The molecule has 0 saturated carbocycles. The number of phosphoric ester groups is 1. The van der Waals surface area contributed by atoms with Crippen LogP contribution in [0.4, 0.5) is 0 Å². The Morgan fingerprint density at radius 3 is 0.914 bits per heavy atom. The monoisotopic (exact) mass is 1330 g/mol. The van der Waals surface area contributed by atoms with E-state index in [4.69, 9.17) is 18.5 Å². The molecule has 0 amide bonds. The van der Waals surface area contributed by atoms with Gasteiger partial charge in [-0.3, -0.25) is 18.6 Å². The molecule has 2 unspecified atom stereocenters. The molecule has 0 aromatic heterocycles. The summed E-state index contributed by atoms with van der Waals surface area (Å²) in [5.41, 5.74) is 0. The van der Waals surface area contributed by atoms with Crippen LogP contribution in [0.1, 0.15) is 418 Å². The van der Waals surface area contributed by atoms with Crippen molar-refractivity contribution >= 4 is 19.8 Å². The summed E-state index contributed by atoms with van der Waals surface area (Å²) in [4.78, 5) is 36.0. The van der Waals surface area contributed by atoms with Gasteiger partial charge in [0, 0.05) is 12.8 Å². The zero-order valence-electron chi connectivity index (χ0n) is 62.8. The molecular formula is C83H159NO8P+. The third kappa shape index (κ3) is 78.8. The average molecular weight is 1330 g/mol. The minimum absolute atomic E-state index is 0.0347. The van der Waals surface area contributed by atoms with E-state index in [0.29, 0.717) is 23.9 Å². The highest BCUT2D eigenvalue weighted by Crippen LogP contribution is 2.43. The number of allylic oxidation sites excluding steroid dienone is 8. The van der Waals surface area contributed by atoms with Crippen LogP contribution < -0.4 is 0 Å². The molecule has 0 bridgehead atoms. The van der Waals surface area contributed by atoms with E-state index in [2.05, 4.69) is 62.5 Å². The van der Waals surface area contributed by atoms with Gasteiger partial charge in [-0.05, 0) is 51.4 Å².